The fourth-order valence-corrected chi connectivity index (χ4v) is 2.63. The molecule has 3 nitrogen and oxygen atoms in total. The predicted octanol–water partition coefficient (Wildman–Crippen LogP) is 2.34. The van der Waals surface area contributed by atoms with Crippen LogP contribution in [0.25, 0.3) is 0 Å². The summed E-state index contributed by atoms with van der Waals surface area (Å²) in [5.74, 6) is 0.449. The number of benzene rings is 1. The van der Waals surface area contributed by atoms with Crippen molar-refractivity contribution in [2.24, 2.45) is 5.92 Å². The molecule has 2 rings (SSSR count). The molecule has 0 radical (unpaired) electrons. The smallest absolute Gasteiger partial charge is 0.0807 e. The fourth-order valence-electron chi connectivity index (χ4n) is 2.63. The predicted molar refractivity (Wildman–Crippen MR) is 73.7 cm³/mol. The first-order valence-electron chi connectivity index (χ1n) is 6.89. The molecule has 100 valence electrons. The van der Waals surface area contributed by atoms with E-state index in [9.17, 15) is 10.2 Å². The number of hydrogen-bond donors (Lipinski definition) is 2. The molecule has 0 amide bonds. The van der Waals surface area contributed by atoms with E-state index in [0.717, 1.165) is 43.6 Å². The summed E-state index contributed by atoms with van der Waals surface area (Å²) in [4.78, 5) is 2.33. The van der Waals surface area contributed by atoms with Gasteiger partial charge in [-0.15, -0.1) is 0 Å². The molecule has 1 aromatic carbocycles. The van der Waals surface area contributed by atoms with Gasteiger partial charge < -0.3 is 15.1 Å². The van der Waals surface area contributed by atoms with Gasteiger partial charge in [0.25, 0.3) is 0 Å². The maximum atomic E-state index is 10.1. The lowest BCUT2D eigenvalue weighted by atomic mass is 9.96. The Hall–Kier alpha value is -1.06. The van der Waals surface area contributed by atoms with Crippen LogP contribution >= 0.6 is 0 Å². The first-order chi connectivity index (χ1) is 8.76. The highest BCUT2D eigenvalue weighted by Crippen LogP contribution is 2.30. The van der Waals surface area contributed by atoms with Crippen LogP contribution in [0.2, 0.25) is 0 Å². The highest BCUT2D eigenvalue weighted by Gasteiger charge is 2.21. The van der Waals surface area contributed by atoms with Crippen molar-refractivity contribution in [1.82, 2.24) is 0 Å². The number of nitrogens with zero attached hydrogens (tertiary/aromatic N) is 1. The Morgan fingerprint density at radius 3 is 2.56 bits per heavy atom. The molecule has 1 saturated heterocycles. The van der Waals surface area contributed by atoms with Gasteiger partial charge in [-0.05, 0) is 31.2 Å². The zero-order chi connectivity index (χ0) is 13.0. The quantitative estimate of drug-likeness (QED) is 0.861. The number of anilines is 1. The van der Waals surface area contributed by atoms with Crippen LogP contribution in [0.3, 0.4) is 0 Å². The third kappa shape index (κ3) is 2.85. The normalized spacial score (nSPS) is 18.9. The lowest BCUT2D eigenvalue weighted by Gasteiger charge is -2.34. The number of rotatable bonds is 4. The standard InChI is InChI=1S/C15H23NO2/c1-2-15(18)13-5-3-4-6-14(13)16-9-7-12(11-17)8-10-16/h3-6,12,15,17-18H,2,7-11H2,1H3/t15-/m0/s1. The van der Waals surface area contributed by atoms with Crippen LogP contribution in [-0.4, -0.2) is 29.9 Å². The number of para-hydroxylation sites is 1. The minimum absolute atomic E-state index is 0.299. The van der Waals surface area contributed by atoms with Crippen LogP contribution < -0.4 is 4.90 Å². The molecule has 1 aliphatic heterocycles. The molecule has 3 heteroatoms. The summed E-state index contributed by atoms with van der Waals surface area (Å²) in [6, 6.07) is 8.12. The first-order valence-corrected chi connectivity index (χ1v) is 6.89. The average molecular weight is 249 g/mol. The summed E-state index contributed by atoms with van der Waals surface area (Å²) < 4.78 is 0. The molecule has 1 atom stereocenters. The minimum Gasteiger partial charge on any atom is -0.396 e. The number of hydrogen-bond acceptors (Lipinski definition) is 3. The van der Waals surface area contributed by atoms with E-state index in [0.29, 0.717) is 12.5 Å². The Balaban J connectivity index is 2.13. The Morgan fingerprint density at radius 1 is 1.28 bits per heavy atom. The van der Waals surface area contributed by atoms with Crippen LogP contribution in [0.1, 0.15) is 37.9 Å². The van der Waals surface area contributed by atoms with Crippen LogP contribution in [0.5, 0.6) is 0 Å². The second-order valence-electron chi connectivity index (χ2n) is 5.10. The van der Waals surface area contributed by atoms with E-state index >= 15 is 0 Å². The molecule has 0 spiro atoms. The average Bonchev–Trinajstić information content (AvgIpc) is 2.46. The van der Waals surface area contributed by atoms with Crippen molar-refractivity contribution in [3.8, 4) is 0 Å². The third-order valence-corrected chi connectivity index (χ3v) is 3.90. The zero-order valence-electron chi connectivity index (χ0n) is 11.0. The molecule has 18 heavy (non-hydrogen) atoms. The second-order valence-corrected chi connectivity index (χ2v) is 5.10. The van der Waals surface area contributed by atoms with Crippen molar-refractivity contribution in [3.63, 3.8) is 0 Å². The molecule has 2 N–H and O–H groups in total. The lowest BCUT2D eigenvalue weighted by molar-refractivity contribution is 0.173. The van der Waals surface area contributed by atoms with Crippen LogP contribution in [0.4, 0.5) is 5.69 Å². The minimum atomic E-state index is -0.378. The molecule has 1 aliphatic rings. The van der Waals surface area contributed by atoms with Gasteiger partial charge in [0.05, 0.1) is 6.10 Å². The first kappa shape index (κ1) is 13.4. The van der Waals surface area contributed by atoms with Gasteiger partial charge in [0, 0.05) is 30.9 Å². The molecular weight excluding hydrogens is 226 g/mol. The van der Waals surface area contributed by atoms with Gasteiger partial charge in [0.1, 0.15) is 0 Å². The van der Waals surface area contributed by atoms with Crippen molar-refractivity contribution in [2.45, 2.75) is 32.3 Å². The Morgan fingerprint density at radius 2 is 1.94 bits per heavy atom. The molecule has 1 aromatic rings. The molecule has 0 bridgehead atoms. The van der Waals surface area contributed by atoms with E-state index in [1.165, 1.54) is 0 Å². The highest BCUT2D eigenvalue weighted by molar-refractivity contribution is 5.54. The van der Waals surface area contributed by atoms with Gasteiger partial charge in [0.15, 0.2) is 0 Å². The van der Waals surface area contributed by atoms with Crippen LogP contribution in [0, 0.1) is 5.92 Å². The molecule has 0 saturated carbocycles. The van der Waals surface area contributed by atoms with Crippen LogP contribution in [0.15, 0.2) is 24.3 Å². The van der Waals surface area contributed by atoms with Crippen LogP contribution in [-0.2, 0) is 0 Å². The molecule has 1 fully saturated rings. The van der Waals surface area contributed by atoms with E-state index in [1.807, 2.05) is 25.1 Å². The monoisotopic (exact) mass is 249 g/mol. The topological polar surface area (TPSA) is 43.7 Å². The van der Waals surface area contributed by atoms with Crippen molar-refractivity contribution in [1.29, 1.82) is 0 Å². The molecular formula is C15H23NO2. The Labute approximate surface area is 109 Å². The Bertz CT molecular complexity index is 373. The van der Waals surface area contributed by atoms with Crippen molar-refractivity contribution >= 4 is 5.69 Å². The van der Waals surface area contributed by atoms with E-state index in [4.69, 9.17) is 0 Å². The van der Waals surface area contributed by atoms with Gasteiger partial charge in [-0.25, -0.2) is 0 Å². The maximum absolute atomic E-state index is 10.1. The third-order valence-electron chi connectivity index (χ3n) is 3.90. The highest BCUT2D eigenvalue weighted by atomic mass is 16.3. The van der Waals surface area contributed by atoms with E-state index < -0.39 is 0 Å². The van der Waals surface area contributed by atoms with Crippen molar-refractivity contribution in [3.05, 3.63) is 29.8 Å². The summed E-state index contributed by atoms with van der Waals surface area (Å²) in [5.41, 5.74) is 2.19. The summed E-state index contributed by atoms with van der Waals surface area (Å²) in [5, 5.41) is 19.2. The van der Waals surface area contributed by atoms with Crippen molar-refractivity contribution in [2.75, 3.05) is 24.6 Å². The van der Waals surface area contributed by atoms with E-state index in [2.05, 4.69) is 11.0 Å². The van der Waals surface area contributed by atoms with E-state index in [-0.39, 0.29) is 6.10 Å². The summed E-state index contributed by atoms with van der Waals surface area (Å²) in [6.45, 7) is 4.24. The number of piperidine rings is 1. The van der Waals surface area contributed by atoms with E-state index in [1.54, 1.807) is 0 Å². The SMILES string of the molecule is CC[C@H](O)c1ccccc1N1CCC(CO)CC1. The van der Waals surface area contributed by atoms with Crippen molar-refractivity contribution < 1.29 is 10.2 Å². The van der Waals surface area contributed by atoms with Gasteiger partial charge >= 0.3 is 0 Å². The summed E-state index contributed by atoms with van der Waals surface area (Å²) in [6.07, 6.45) is 2.43. The molecule has 0 unspecified atom stereocenters. The molecule has 1 heterocycles. The zero-order valence-corrected chi connectivity index (χ0v) is 11.0. The summed E-state index contributed by atoms with van der Waals surface area (Å²) in [7, 11) is 0. The molecule has 0 aliphatic carbocycles. The number of aliphatic hydroxyl groups excluding tert-OH is 2. The van der Waals surface area contributed by atoms with Gasteiger partial charge in [-0.2, -0.15) is 0 Å². The number of aliphatic hydroxyl groups is 2. The fraction of sp³-hybridized carbons (Fsp3) is 0.600. The largest absolute Gasteiger partial charge is 0.396 e. The summed E-state index contributed by atoms with van der Waals surface area (Å²) >= 11 is 0. The second kappa shape index (κ2) is 6.21. The maximum Gasteiger partial charge on any atom is 0.0807 e. The van der Waals surface area contributed by atoms with Gasteiger partial charge in [0.2, 0.25) is 0 Å². The van der Waals surface area contributed by atoms with Gasteiger partial charge in [-0.1, -0.05) is 25.1 Å². The molecule has 0 aromatic heterocycles. The lowest BCUT2D eigenvalue weighted by Crippen LogP contribution is -2.35. The van der Waals surface area contributed by atoms with Gasteiger partial charge in [-0.3, -0.25) is 0 Å². The Kier molecular flexibility index (Phi) is 4.61.